The van der Waals surface area contributed by atoms with Crippen molar-refractivity contribution in [2.45, 2.75) is 46.0 Å². The van der Waals surface area contributed by atoms with E-state index in [1.54, 1.807) is 27.7 Å². The molecule has 0 aromatic carbocycles. The third-order valence-electron chi connectivity index (χ3n) is 2.07. The fraction of sp³-hybridized carbons (Fsp3) is 0.636. The summed E-state index contributed by atoms with van der Waals surface area (Å²) in [5.74, 6) is 0. The highest BCUT2D eigenvalue weighted by Gasteiger charge is 2.34. The molecule has 0 spiro atoms. The van der Waals surface area contributed by atoms with Gasteiger partial charge >= 0.3 is 6.18 Å². The lowest BCUT2D eigenvalue weighted by atomic mass is 10.3. The van der Waals surface area contributed by atoms with Crippen LogP contribution in [0.15, 0.2) is 10.9 Å². The van der Waals surface area contributed by atoms with E-state index in [0.29, 0.717) is 6.07 Å². The van der Waals surface area contributed by atoms with E-state index in [1.807, 2.05) is 0 Å². The van der Waals surface area contributed by atoms with Crippen LogP contribution in [0.2, 0.25) is 0 Å². The molecule has 0 bridgehead atoms. The van der Waals surface area contributed by atoms with Crippen LogP contribution in [0, 0.1) is 0 Å². The molecule has 0 fully saturated rings. The number of hydrogen-bond acceptors (Lipinski definition) is 3. The van der Waals surface area contributed by atoms with Gasteiger partial charge in [0.2, 0.25) is 0 Å². The minimum absolute atomic E-state index is 0.306. The largest absolute Gasteiger partial charge is 0.462 e. The van der Waals surface area contributed by atoms with E-state index in [1.165, 1.54) is 0 Å². The standard InChI is InChI=1S/C11H15F3N2O2/c1-6(2)16-9(17)5-8(11(12,13)14)15-10(16)18-7(3)4/h5-7H,1-4H3. The molecule has 1 aromatic rings. The third-order valence-corrected chi connectivity index (χ3v) is 2.07. The van der Waals surface area contributed by atoms with Crippen molar-refractivity contribution >= 4 is 0 Å². The fourth-order valence-corrected chi connectivity index (χ4v) is 1.38. The number of hydrogen-bond donors (Lipinski definition) is 0. The average Bonchev–Trinajstić information content (AvgIpc) is 2.13. The summed E-state index contributed by atoms with van der Waals surface area (Å²) in [6.07, 6.45) is -5.03. The Hall–Kier alpha value is -1.53. The highest BCUT2D eigenvalue weighted by molar-refractivity contribution is 5.12. The van der Waals surface area contributed by atoms with Crippen LogP contribution in [-0.4, -0.2) is 15.7 Å². The Kier molecular flexibility index (Phi) is 4.03. The lowest BCUT2D eigenvalue weighted by molar-refractivity contribution is -0.141. The van der Waals surface area contributed by atoms with Crippen molar-refractivity contribution in [2.24, 2.45) is 0 Å². The molecule has 0 amide bonds. The highest BCUT2D eigenvalue weighted by atomic mass is 19.4. The second kappa shape index (κ2) is 4.99. The quantitative estimate of drug-likeness (QED) is 0.843. The van der Waals surface area contributed by atoms with Gasteiger partial charge in [-0.2, -0.15) is 18.2 Å². The van der Waals surface area contributed by atoms with E-state index in [0.717, 1.165) is 4.57 Å². The molecule has 102 valence electrons. The Balaban J connectivity index is 3.42. The van der Waals surface area contributed by atoms with E-state index in [-0.39, 0.29) is 18.2 Å². The Bertz CT molecular complexity index is 478. The number of rotatable bonds is 3. The molecule has 0 aliphatic heterocycles. The summed E-state index contributed by atoms with van der Waals surface area (Å²) >= 11 is 0. The van der Waals surface area contributed by atoms with Crippen LogP contribution < -0.4 is 10.3 Å². The topological polar surface area (TPSA) is 44.1 Å². The molecule has 0 atom stereocenters. The van der Waals surface area contributed by atoms with Crippen LogP contribution >= 0.6 is 0 Å². The predicted octanol–water partition coefficient (Wildman–Crippen LogP) is 2.63. The van der Waals surface area contributed by atoms with Gasteiger partial charge in [-0.1, -0.05) is 0 Å². The number of alkyl halides is 3. The van der Waals surface area contributed by atoms with Gasteiger partial charge in [0, 0.05) is 12.1 Å². The van der Waals surface area contributed by atoms with Gasteiger partial charge in [0.15, 0.2) is 5.69 Å². The third kappa shape index (κ3) is 3.24. The van der Waals surface area contributed by atoms with Crippen molar-refractivity contribution in [3.05, 3.63) is 22.1 Å². The summed E-state index contributed by atoms with van der Waals surface area (Å²) in [6, 6.07) is -0.159. The summed E-state index contributed by atoms with van der Waals surface area (Å²) < 4.78 is 43.9. The SMILES string of the molecule is CC(C)Oc1nc(C(F)(F)F)cc(=O)n1C(C)C. The molecule has 0 radical (unpaired) electrons. The van der Waals surface area contributed by atoms with Crippen LogP contribution in [0.4, 0.5) is 13.2 Å². The smallest absolute Gasteiger partial charge is 0.433 e. The Morgan fingerprint density at radius 3 is 2.22 bits per heavy atom. The maximum Gasteiger partial charge on any atom is 0.433 e. The molecule has 1 rings (SSSR count). The van der Waals surface area contributed by atoms with Gasteiger partial charge in [-0.25, -0.2) is 0 Å². The zero-order valence-corrected chi connectivity index (χ0v) is 10.6. The van der Waals surface area contributed by atoms with Crippen LogP contribution in [0.3, 0.4) is 0 Å². The van der Waals surface area contributed by atoms with Gasteiger partial charge in [0.05, 0.1) is 6.10 Å². The minimum Gasteiger partial charge on any atom is -0.462 e. The number of ether oxygens (including phenoxy) is 1. The summed E-state index contributed by atoms with van der Waals surface area (Å²) in [4.78, 5) is 15.1. The number of aromatic nitrogens is 2. The van der Waals surface area contributed by atoms with Crippen LogP contribution in [0.1, 0.15) is 39.4 Å². The molecule has 7 heteroatoms. The van der Waals surface area contributed by atoms with Crippen molar-refractivity contribution in [1.82, 2.24) is 9.55 Å². The van der Waals surface area contributed by atoms with Crippen LogP contribution in [0.5, 0.6) is 6.01 Å². The molecule has 18 heavy (non-hydrogen) atoms. The van der Waals surface area contributed by atoms with Crippen molar-refractivity contribution in [3.8, 4) is 6.01 Å². The first kappa shape index (κ1) is 14.5. The van der Waals surface area contributed by atoms with E-state index in [2.05, 4.69) is 4.98 Å². The first-order chi connectivity index (χ1) is 8.12. The predicted molar refractivity (Wildman–Crippen MR) is 59.6 cm³/mol. The minimum atomic E-state index is -4.66. The van der Waals surface area contributed by atoms with Gasteiger partial charge in [-0.15, -0.1) is 0 Å². The Morgan fingerprint density at radius 1 is 1.28 bits per heavy atom. The van der Waals surface area contributed by atoms with Crippen molar-refractivity contribution in [1.29, 1.82) is 0 Å². The first-order valence-electron chi connectivity index (χ1n) is 5.50. The molecule has 0 unspecified atom stereocenters. The molecule has 1 heterocycles. The molecule has 1 aromatic heterocycles. The molecular formula is C11H15F3N2O2. The Morgan fingerprint density at radius 2 is 1.83 bits per heavy atom. The number of halogens is 3. The molecule has 0 aliphatic carbocycles. The van der Waals surface area contributed by atoms with Gasteiger partial charge in [-0.3, -0.25) is 9.36 Å². The van der Waals surface area contributed by atoms with Crippen LogP contribution in [0.25, 0.3) is 0 Å². The lowest BCUT2D eigenvalue weighted by Crippen LogP contribution is -2.28. The van der Waals surface area contributed by atoms with Gasteiger partial charge in [0.1, 0.15) is 0 Å². The summed E-state index contributed by atoms with van der Waals surface area (Å²) in [6.45, 7) is 6.64. The molecule has 0 N–H and O–H groups in total. The zero-order chi connectivity index (χ0) is 14.1. The van der Waals surface area contributed by atoms with Gasteiger partial charge in [0.25, 0.3) is 11.6 Å². The van der Waals surface area contributed by atoms with E-state index in [4.69, 9.17) is 4.74 Å². The second-order valence-corrected chi connectivity index (χ2v) is 4.39. The van der Waals surface area contributed by atoms with Gasteiger partial charge in [-0.05, 0) is 27.7 Å². The summed E-state index contributed by atoms with van der Waals surface area (Å²) in [7, 11) is 0. The summed E-state index contributed by atoms with van der Waals surface area (Å²) in [5, 5.41) is 0. The van der Waals surface area contributed by atoms with E-state index >= 15 is 0 Å². The van der Waals surface area contributed by atoms with E-state index in [9.17, 15) is 18.0 Å². The van der Waals surface area contributed by atoms with Crippen LogP contribution in [-0.2, 0) is 6.18 Å². The van der Waals surface area contributed by atoms with E-state index < -0.39 is 17.4 Å². The molecule has 4 nitrogen and oxygen atoms in total. The maximum atomic E-state index is 12.6. The second-order valence-electron chi connectivity index (χ2n) is 4.39. The number of nitrogens with zero attached hydrogens (tertiary/aromatic N) is 2. The summed E-state index contributed by atoms with van der Waals surface area (Å²) in [5.41, 5.74) is -2.01. The molecular weight excluding hydrogens is 249 g/mol. The van der Waals surface area contributed by atoms with Gasteiger partial charge < -0.3 is 4.74 Å². The normalized spacial score (nSPS) is 12.3. The average molecular weight is 264 g/mol. The van der Waals surface area contributed by atoms with Crippen molar-refractivity contribution < 1.29 is 17.9 Å². The molecule has 0 saturated carbocycles. The van der Waals surface area contributed by atoms with Crippen molar-refractivity contribution in [3.63, 3.8) is 0 Å². The fourth-order valence-electron chi connectivity index (χ4n) is 1.38. The van der Waals surface area contributed by atoms with Crippen molar-refractivity contribution in [2.75, 3.05) is 0 Å². The zero-order valence-electron chi connectivity index (χ0n) is 10.6. The first-order valence-corrected chi connectivity index (χ1v) is 5.50. The Labute approximate surface area is 102 Å². The molecule has 0 saturated heterocycles. The lowest BCUT2D eigenvalue weighted by Gasteiger charge is -2.18. The maximum absolute atomic E-state index is 12.6. The monoisotopic (exact) mass is 264 g/mol. The molecule has 0 aliphatic rings. The highest BCUT2D eigenvalue weighted by Crippen LogP contribution is 2.28.